The molecule has 140 valence electrons. The van der Waals surface area contributed by atoms with Crippen molar-refractivity contribution < 1.29 is 14.3 Å². The molecule has 0 bridgehead atoms. The van der Waals surface area contributed by atoms with E-state index in [1.807, 2.05) is 13.8 Å². The van der Waals surface area contributed by atoms with Gasteiger partial charge in [0, 0.05) is 17.0 Å². The summed E-state index contributed by atoms with van der Waals surface area (Å²) in [6.07, 6.45) is 1.53. The van der Waals surface area contributed by atoms with Gasteiger partial charge in [0.25, 0.3) is 5.56 Å². The number of fused-ring (bicyclic) bond motifs is 1. The van der Waals surface area contributed by atoms with Gasteiger partial charge in [-0.3, -0.25) is 19.0 Å². The van der Waals surface area contributed by atoms with Gasteiger partial charge in [-0.15, -0.1) is 11.3 Å². The van der Waals surface area contributed by atoms with Gasteiger partial charge >= 0.3 is 5.97 Å². The zero-order valence-corrected chi connectivity index (χ0v) is 15.8. The first kappa shape index (κ1) is 18.8. The van der Waals surface area contributed by atoms with Crippen molar-refractivity contribution in [1.82, 2.24) is 9.55 Å². The minimum absolute atomic E-state index is 0.0641. The Bertz CT molecular complexity index is 1070. The molecule has 27 heavy (non-hydrogen) atoms. The van der Waals surface area contributed by atoms with Gasteiger partial charge in [-0.2, -0.15) is 0 Å². The van der Waals surface area contributed by atoms with Crippen LogP contribution in [0.25, 0.3) is 10.2 Å². The van der Waals surface area contributed by atoms with Crippen molar-refractivity contribution in [2.24, 2.45) is 5.73 Å². The lowest BCUT2D eigenvalue weighted by atomic mass is 10.1. The predicted octanol–water partition coefficient (Wildman–Crippen LogP) is 2.31. The molecule has 7 nitrogen and oxygen atoms in total. The molecule has 1 amide bonds. The van der Waals surface area contributed by atoms with Crippen molar-refractivity contribution in [2.75, 3.05) is 0 Å². The van der Waals surface area contributed by atoms with Gasteiger partial charge in [0.2, 0.25) is 5.91 Å². The zero-order valence-electron chi connectivity index (χ0n) is 15.0. The summed E-state index contributed by atoms with van der Waals surface area (Å²) in [6, 6.07) is 6.52. The van der Waals surface area contributed by atoms with Gasteiger partial charge in [0.05, 0.1) is 18.1 Å². The summed E-state index contributed by atoms with van der Waals surface area (Å²) in [7, 11) is 0. The van der Waals surface area contributed by atoms with E-state index in [1.54, 1.807) is 24.3 Å². The van der Waals surface area contributed by atoms with Crippen LogP contribution >= 0.6 is 11.3 Å². The molecule has 2 N–H and O–H groups in total. The number of primary amides is 1. The van der Waals surface area contributed by atoms with Crippen LogP contribution in [0.3, 0.4) is 0 Å². The Kier molecular flexibility index (Phi) is 5.36. The second-order valence-corrected chi connectivity index (χ2v) is 7.38. The highest BCUT2D eigenvalue weighted by Crippen LogP contribution is 2.25. The highest BCUT2D eigenvalue weighted by molar-refractivity contribution is 7.18. The number of esters is 1. The molecule has 0 aliphatic rings. The van der Waals surface area contributed by atoms with E-state index in [-0.39, 0.29) is 25.1 Å². The maximum Gasteiger partial charge on any atom is 0.307 e. The Morgan fingerprint density at radius 1 is 1.22 bits per heavy atom. The lowest BCUT2D eigenvalue weighted by Crippen LogP contribution is -2.22. The summed E-state index contributed by atoms with van der Waals surface area (Å²) < 4.78 is 6.65. The van der Waals surface area contributed by atoms with Crippen LogP contribution in [0.2, 0.25) is 0 Å². The van der Waals surface area contributed by atoms with E-state index < -0.39 is 11.9 Å². The fourth-order valence-electron chi connectivity index (χ4n) is 2.64. The summed E-state index contributed by atoms with van der Waals surface area (Å²) in [6.45, 7) is 4.15. The van der Waals surface area contributed by atoms with Crippen LogP contribution in [0, 0.1) is 13.8 Å². The van der Waals surface area contributed by atoms with Crippen molar-refractivity contribution in [3.8, 4) is 0 Å². The number of carbonyl (C=O) groups excluding carboxylic acids is 2. The molecule has 2 aromatic heterocycles. The van der Waals surface area contributed by atoms with Crippen LogP contribution in [0.5, 0.6) is 0 Å². The van der Waals surface area contributed by atoms with Crippen LogP contribution in [-0.2, 0) is 22.7 Å². The Hall–Kier alpha value is -3.00. The maximum atomic E-state index is 12.6. The number of rotatable bonds is 6. The fraction of sp³-hybridized carbons (Fsp3) is 0.263. The molecule has 0 aliphatic heterocycles. The van der Waals surface area contributed by atoms with Gasteiger partial charge in [-0.05, 0) is 37.1 Å². The molecule has 8 heteroatoms. The SMILES string of the molecule is Cc1sc2ncn(CCC(=O)OCc3ccc(C(N)=O)cc3)c(=O)c2c1C. The molecular weight excluding hydrogens is 366 g/mol. The molecule has 0 atom stereocenters. The first-order chi connectivity index (χ1) is 12.9. The Labute approximate surface area is 159 Å². The predicted molar refractivity (Wildman–Crippen MR) is 103 cm³/mol. The summed E-state index contributed by atoms with van der Waals surface area (Å²) in [5.74, 6) is -0.926. The number of amides is 1. The van der Waals surface area contributed by atoms with Crippen LogP contribution in [-0.4, -0.2) is 21.4 Å². The number of aryl methyl sites for hydroxylation is 3. The van der Waals surface area contributed by atoms with E-state index in [1.165, 1.54) is 22.2 Å². The number of nitrogens with two attached hydrogens (primary N) is 1. The second kappa shape index (κ2) is 7.71. The van der Waals surface area contributed by atoms with E-state index in [0.29, 0.717) is 15.8 Å². The third kappa shape index (κ3) is 4.06. The topological polar surface area (TPSA) is 104 Å². The molecule has 0 spiro atoms. The highest BCUT2D eigenvalue weighted by Gasteiger charge is 2.13. The van der Waals surface area contributed by atoms with Gasteiger partial charge in [-0.1, -0.05) is 12.1 Å². The molecular formula is C19H19N3O4S. The summed E-state index contributed by atoms with van der Waals surface area (Å²) in [5, 5.41) is 0.614. The number of hydrogen-bond acceptors (Lipinski definition) is 6. The molecule has 0 radical (unpaired) electrons. The van der Waals surface area contributed by atoms with Crippen LogP contribution in [0.4, 0.5) is 0 Å². The fourth-order valence-corrected chi connectivity index (χ4v) is 3.63. The van der Waals surface area contributed by atoms with Crippen molar-refractivity contribution in [3.63, 3.8) is 0 Å². The number of carbonyl (C=O) groups is 2. The van der Waals surface area contributed by atoms with E-state index >= 15 is 0 Å². The molecule has 1 aromatic carbocycles. The quantitative estimate of drug-likeness (QED) is 0.656. The highest BCUT2D eigenvalue weighted by atomic mass is 32.1. The van der Waals surface area contributed by atoms with Crippen LogP contribution in [0.1, 0.15) is 32.8 Å². The number of nitrogens with zero attached hydrogens (tertiary/aromatic N) is 2. The van der Waals surface area contributed by atoms with Crippen LogP contribution < -0.4 is 11.3 Å². The zero-order chi connectivity index (χ0) is 19.6. The average molecular weight is 385 g/mol. The third-order valence-electron chi connectivity index (χ3n) is 4.35. The van der Waals surface area contributed by atoms with Gasteiger partial charge < -0.3 is 10.5 Å². The monoisotopic (exact) mass is 385 g/mol. The Balaban J connectivity index is 1.60. The van der Waals surface area contributed by atoms with Gasteiger partial charge in [0.1, 0.15) is 11.4 Å². The van der Waals surface area contributed by atoms with Crippen LogP contribution in [0.15, 0.2) is 35.4 Å². The minimum Gasteiger partial charge on any atom is -0.461 e. The number of hydrogen-bond donors (Lipinski definition) is 1. The minimum atomic E-state index is -0.509. The lowest BCUT2D eigenvalue weighted by Gasteiger charge is -2.07. The molecule has 0 unspecified atom stereocenters. The van der Waals surface area contributed by atoms with E-state index in [2.05, 4.69) is 4.98 Å². The van der Waals surface area contributed by atoms with Crippen molar-refractivity contribution in [1.29, 1.82) is 0 Å². The van der Waals surface area contributed by atoms with E-state index in [0.717, 1.165) is 16.0 Å². The summed E-state index contributed by atoms with van der Waals surface area (Å²) >= 11 is 1.49. The number of thiophene rings is 1. The average Bonchev–Trinajstić information content (AvgIpc) is 2.94. The third-order valence-corrected chi connectivity index (χ3v) is 5.47. The Morgan fingerprint density at radius 2 is 1.93 bits per heavy atom. The van der Waals surface area contributed by atoms with Crippen molar-refractivity contribution in [2.45, 2.75) is 33.4 Å². The number of ether oxygens (including phenoxy) is 1. The van der Waals surface area contributed by atoms with E-state index in [4.69, 9.17) is 10.5 Å². The molecule has 0 saturated heterocycles. The van der Waals surface area contributed by atoms with Crippen molar-refractivity contribution in [3.05, 3.63) is 62.5 Å². The maximum absolute atomic E-state index is 12.6. The number of aromatic nitrogens is 2. The summed E-state index contributed by atoms with van der Waals surface area (Å²) in [4.78, 5) is 41.7. The Morgan fingerprint density at radius 3 is 2.59 bits per heavy atom. The standard InChI is InChI=1S/C19H19N3O4S/c1-11-12(2)27-18-16(11)19(25)22(10-21-18)8-7-15(23)26-9-13-3-5-14(6-4-13)17(20)24/h3-6,10H,7-9H2,1-2H3,(H2,20,24). The smallest absolute Gasteiger partial charge is 0.307 e. The first-order valence-electron chi connectivity index (χ1n) is 8.36. The second-order valence-electron chi connectivity index (χ2n) is 6.18. The van der Waals surface area contributed by atoms with E-state index in [9.17, 15) is 14.4 Å². The molecule has 0 saturated carbocycles. The first-order valence-corrected chi connectivity index (χ1v) is 9.18. The van der Waals surface area contributed by atoms with Crippen molar-refractivity contribution >= 4 is 33.4 Å². The molecule has 3 rings (SSSR count). The largest absolute Gasteiger partial charge is 0.461 e. The molecule has 0 aliphatic carbocycles. The molecule has 0 fully saturated rings. The lowest BCUT2D eigenvalue weighted by molar-refractivity contribution is -0.145. The molecule has 3 aromatic rings. The normalized spacial score (nSPS) is 10.9. The summed E-state index contributed by atoms with van der Waals surface area (Å²) in [5.41, 5.74) is 7.12. The van der Waals surface area contributed by atoms with Gasteiger partial charge in [-0.25, -0.2) is 4.98 Å². The van der Waals surface area contributed by atoms with Gasteiger partial charge in [0.15, 0.2) is 0 Å². The number of benzene rings is 1. The molecule has 2 heterocycles.